The topological polar surface area (TPSA) is 83.1 Å². The quantitative estimate of drug-likeness (QED) is 0.814. The van der Waals surface area contributed by atoms with Crippen LogP contribution in [0, 0.1) is 0 Å². The number of carbonyl (C=O) groups is 1. The highest BCUT2D eigenvalue weighted by molar-refractivity contribution is 8.13. The molecule has 0 aliphatic rings. The fourth-order valence-electron chi connectivity index (χ4n) is 1.99. The van der Waals surface area contributed by atoms with Gasteiger partial charge in [0.25, 0.3) is 15.0 Å². The largest absolute Gasteiger partial charge is 0.335 e. The average Bonchev–Trinajstić information content (AvgIpc) is 2.78. The monoisotopic (exact) mass is 321 g/mol. The maximum atomic E-state index is 12.5. The minimum absolute atomic E-state index is 0.0462. The zero-order valence-corrected chi connectivity index (χ0v) is 13.7. The van der Waals surface area contributed by atoms with Gasteiger partial charge in [-0.2, -0.15) is 5.10 Å². The molecular weight excluding hydrogens is 302 g/mol. The number of hydrogen-bond acceptors (Lipinski definition) is 4. The molecule has 1 aromatic heterocycles. The molecule has 20 heavy (non-hydrogen) atoms. The van der Waals surface area contributed by atoms with E-state index in [1.165, 1.54) is 0 Å². The van der Waals surface area contributed by atoms with E-state index >= 15 is 0 Å². The summed E-state index contributed by atoms with van der Waals surface area (Å²) >= 11 is 0. The number of amides is 1. The van der Waals surface area contributed by atoms with Gasteiger partial charge < -0.3 is 4.90 Å². The maximum Gasteiger partial charge on any atom is 0.276 e. The van der Waals surface area contributed by atoms with Crippen molar-refractivity contribution in [1.82, 2.24) is 15.1 Å². The Morgan fingerprint density at radius 2 is 2.00 bits per heavy atom. The van der Waals surface area contributed by atoms with Crippen molar-refractivity contribution in [3.05, 3.63) is 11.4 Å². The van der Waals surface area contributed by atoms with E-state index in [0.717, 1.165) is 6.42 Å². The van der Waals surface area contributed by atoms with Gasteiger partial charge in [0, 0.05) is 23.3 Å². The first-order valence-electron chi connectivity index (χ1n) is 6.56. The number of halogens is 1. The van der Waals surface area contributed by atoms with Crippen LogP contribution >= 0.6 is 10.7 Å². The van der Waals surface area contributed by atoms with Crippen molar-refractivity contribution in [2.75, 3.05) is 6.54 Å². The lowest BCUT2D eigenvalue weighted by atomic mass is 10.2. The molecule has 0 aromatic carbocycles. The van der Waals surface area contributed by atoms with Crippen LogP contribution in [0.1, 0.15) is 50.3 Å². The number of aromatic nitrogens is 2. The van der Waals surface area contributed by atoms with E-state index in [4.69, 9.17) is 10.7 Å². The molecule has 0 bridgehead atoms. The number of carbonyl (C=O) groups excluding carboxylic acids is 1. The molecule has 8 heteroatoms. The summed E-state index contributed by atoms with van der Waals surface area (Å²) in [5, 5.41) is 6.45. The lowest BCUT2D eigenvalue weighted by molar-refractivity contribution is 0.0696. The molecule has 0 unspecified atom stereocenters. The van der Waals surface area contributed by atoms with E-state index < -0.39 is 15.0 Å². The van der Waals surface area contributed by atoms with E-state index in [2.05, 4.69) is 10.2 Å². The van der Waals surface area contributed by atoms with E-state index in [0.29, 0.717) is 18.7 Å². The minimum Gasteiger partial charge on any atom is -0.335 e. The molecule has 1 rings (SSSR count). The maximum absolute atomic E-state index is 12.5. The van der Waals surface area contributed by atoms with Crippen LogP contribution in [0.2, 0.25) is 0 Å². The highest BCUT2D eigenvalue weighted by Crippen LogP contribution is 2.24. The molecule has 1 aromatic rings. The van der Waals surface area contributed by atoms with E-state index in [1.807, 2.05) is 20.8 Å². The molecule has 114 valence electrons. The summed E-state index contributed by atoms with van der Waals surface area (Å²) in [5.74, 6) is -0.419. The predicted octanol–water partition coefficient (Wildman–Crippen LogP) is 2.16. The summed E-state index contributed by atoms with van der Waals surface area (Å²) in [7, 11) is 1.41. The molecule has 0 aliphatic carbocycles. The number of rotatable bonds is 6. The van der Waals surface area contributed by atoms with Gasteiger partial charge in [-0.15, -0.1) is 0 Å². The van der Waals surface area contributed by atoms with Crippen molar-refractivity contribution in [3.63, 3.8) is 0 Å². The van der Waals surface area contributed by atoms with Crippen LogP contribution in [-0.2, 0) is 15.5 Å². The number of H-pyrrole nitrogens is 1. The van der Waals surface area contributed by atoms with Crippen LogP contribution in [-0.4, -0.2) is 42.0 Å². The smallest absolute Gasteiger partial charge is 0.276 e. The number of aromatic amines is 1. The average molecular weight is 322 g/mol. The molecule has 1 N–H and O–H groups in total. The Morgan fingerprint density at radius 1 is 1.40 bits per heavy atom. The number of nitrogens with one attached hydrogen (secondary N) is 1. The van der Waals surface area contributed by atoms with Crippen LogP contribution in [0.3, 0.4) is 0 Å². The third kappa shape index (κ3) is 3.52. The van der Waals surface area contributed by atoms with Crippen LogP contribution in [0.4, 0.5) is 0 Å². The summed E-state index contributed by atoms with van der Waals surface area (Å²) in [6, 6.07) is -0.0462. The molecule has 0 fully saturated rings. The molecule has 1 heterocycles. The third-order valence-corrected chi connectivity index (χ3v) is 4.33. The van der Waals surface area contributed by atoms with Crippen molar-refractivity contribution in [2.45, 2.75) is 51.5 Å². The standard InChI is InChI=1S/C12H20ClN3O3S/c1-5-7-16(8(3)4)12(17)10-11(20(13,18)19)9(6-2)14-15-10/h8H,5-7H2,1-4H3,(H,14,15). The van der Waals surface area contributed by atoms with Crippen molar-refractivity contribution in [3.8, 4) is 0 Å². The molecule has 0 aliphatic heterocycles. The molecule has 0 spiro atoms. The third-order valence-electron chi connectivity index (χ3n) is 2.94. The van der Waals surface area contributed by atoms with Crippen LogP contribution < -0.4 is 0 Å². The van der Waals surface area contributed by atoms with Crippen LogP contribution in [0.25, 0.3) is 0 Å². The van der Waals surface area contributed by atoms with Crippen molar-refractivity contribution in [2.24, 2.45) is 0 Å². The number of nitrogens with zero attached hydrogens (tertiary/aromatic N) is 2. The van der Waals surface area contributed by atoms with Crippen molar-refractivity contribution < 1.29 is 13.2 Å². The highest BCUT2D eigenvalue weighted by Gasteiger charge is 2.31. The Labute approximate surface area is 123 Å². The first-order valence-corrected chi connectivity index (χ1v) is 8.87. The summed E-state index contributed by atoms with van der Waals surface area (Å²) in [6.45, 7) is 7.99. The first-order chi connectivity index (χ1) is 9.23. The lowest BCUT2D eigenvalue weighted by Gasteiger charge is -2.25. The summed E-state index contributed by atoms with van der Waals surface area (Å²) in [4.78, 5) is 13.9. The van der Waals surface area contributed by atoms with Gasteiger partial charge in [-0.1, -0.05) is 13.8 Å². The number of hydrogen-bond donors (Lipinski definition) is 1. The van der Waals surface area contributed by atoms with E-state index in [9.17, 15) is 13.2 Å². The van der Waals surface area contributed by atoms with Gasteiger partial charge in [-0.25, -0.2) is 8.42 Å². The van der Waals surface area contributed by atoms with Crippen molar-refractivity contribution in [1.29, 1.82) is 0 Å². The van der Waals surface area contributed by atoms with Crippen LogP contribution in [0.15, 0.2) is 4.90 Å². The molecule has 0 saturated carbocycles. The molecule has 0 saturated heterocycles. The van der Waals surface area contributed by atoms with Crippen LogP contribution in [0.5, 0.6) is 0 Å². The second-order valence-corrected chi connectivity index (χ2v) is 7.27. The predicted molar refractivity (Wildman–Crippen MR) is 77.5 cm³/mol. The molecule has 6 nitrogen and oxygen atoms in total. The Morgan fingerprint density at radius 3 is 2.40 bits per heavy atom. The van der Waals surface area contributed by atoms with Gasteiger partial charge in [0.1, 0.15) is 4.90 Å². The summed E-state index contributed by atoms with van der Waals surface area (Å²) in [5.41, 5.74) is 0.225. The fraction of sp³-hybridized carbons (Fsp3) is 0.667. The Bertz CT molecular complexity index is 581. The molecule has 0 radical (unpaired) electrons. The molecular formula is C12H20ClN3O3S. The Kier molecular flexibility index (Phi) is 5.59. The van der Waals surface area contributed by atoms with Gasteiger partial charge in [-0.3, -0.25) is 9.89 Å². The zero-order chi connectivity index (χ0) is 15.5. The van der Waals surface area contributed by atoms with Gasteiger partial charge >= 0.3 is 0 Å². The summed E-state index contributed by atoms with van der Waals surface area (Å²) in [6.07, 6.45) is 1.18. The normalized spacial score (nSPS) is 11.9. The SMILES string of the molecule is CCCN(C(=O)c1n[nH]c(CC)c1S(=O)(=O)Cl)C(C)C. The van der Waals surface area contributed by atoms with Gasteiger partial charge in [0.15, 0.2) is 5.69 Å². The Hall–Kier alpha value is -1.08. The van der Waals surface area contributed by atoms with Gasteiger partial charge in [0.05, 0.1) is 5.69 Å². The Balaban J connectivity index is 3.33. The van der Waals surface area contributed by atoms with Gasteiger partial charge in [0.2, 0.25) is 0 Å². The second-order valence-electron chi connectivity index (χ2n) is 4.76. The zero-order valence-electron chi connectivity index (χ0n) is 12.1. The lowest BCUT2D eigenvalue weighted by Crippen LogP contribution is -2.38. The van der Waals surface area contributed by atoms with E-state index in [-0.39, 0.29) is 16.6 Å². The first kappa shape index (κ1) is 17.0. The minimum atomic E-state index is -4.02. The van der Waals surface area contributed by atoms with E-state index in [1.54, 1.807) is 11.8 Å². The van der Waals surface area contributed by atoms with Crippen molar-refractivity contribution >= 4 is 25.6 Å². The molecule has 0 atom stereocenters. The highest BCUT2D eigenvalue weighted by atomic mass is 35.7. The molecule has 1 amide bonds. The summed E-state index contributed by atoms with van der Waals surface area (Å²) < 4.78 is 23.4. The second kappa shape index (κ2) is 6.58. The number of aryl methyl sites for hydroxylation is 1. The fourth-order valence-corrected chi connectivity index (χ4v) is 3.33. The van der Waals surface area contributed by atoms with Gasteiger partial charge in [-0.05, 0) is 26.7 Å².